The second-order valence-electron chi connectivity index (χ2n) is 4.37. The molecule has 7 heteroatoms. The molecule has 6 nitrogen and oxygen atoms in total. The fourth-order valence-corrected chi connectivity index (χ4v) is 2.67. The van der Waals surface area contributed by atoms with Gasteiger partial charge in [0.2, 0.25) is 4.75 Å². The molecule has 0 heterocycles. The fourth-order valence-electron chi connectivity index (χ4n) is 1.77. The summed E-state index contributed by atoms with van der Waals surface area (Å²) in [6.45, 7) is 3.92. The van der Waals surface area contributed by atoms with Crippen LogP contribution in [0.5, 0.6) is 0 Å². The number of carboxylic acid groups (broad SMARTS) is 1. The van der Waals surface area contributed by atoms with Crippen LogP contribution in [-0.2, 0) is 14.9 Å². The molecule has 0 aliphatic carbocycles. The third-order valence-corrected chi connectivity index (χ3v) is 4.49. The largest absolute Gasteiger partial charge is 0.480 e. The lowest BCUT2D eigenvalue weighted by atomic mass is 9.99. The first kappa shape index (κ1) is 17.3. The van der Waals surface area contributed by atoms with Gasteiger partial charge in [0.15, 0.2) is 0 Å². The van der Waals surface area contributed by atoms with Gasteiger partial charge in [-0.1, -0.05) is 39.5 Å². The highest BCUT2D eigenvalue weighted by atomic mass is 32.2. The van der Waals surface area contributed by atoms with Crippen LogP contribution in [0, 0.1) is 0 Å². The van der Waals surface area contributed by atoms with Crippen molar-refractivity contribution in [1.82, 2.24) is 5.32 Å². The normalized spacial score (nSPS) is 15.3. The molecule has 0 bridgehead atoms. The van der Waals surface area contributed by atoms with E-state index in [1.807, 2.05) is 6.92 Å². The molecule has 0 fully saturated rings. The first-order chi connectivity index (χ1) is 8.31. The molecule has 1 atom stereocenters. The van der Waals surface area contributed by atoms with Crippen LogP contribution >= 0.6 is 0 Å². The van der Waals surface area contributed by atoms with Gasteiger partial charge in [0.1, 0.15) is 0 Å². The number of hydrogen-bond acceptors (Lipinski definition) is 4. The molecule has 0 saturated carbocycles. The standard InChI is InChI=1S/C11H23NO5S/c1-3-5-6-7-8-11(10(13)14,9-12-4-2)18(15,16)17/h12H,3-9H2,1-2H3,(H,13,14)(H,15,16,17). The van der Waals surface area contributed by atoms with Crippen molar-refractivity contribution >= 4 is 16.1 Å². The summed E-state index contributed by atoms with van der Waals surface area (Å²) in [5.74, 6) is -1.50. The molecule has 18 heavy (non-hydrogen) atoms. The molecule has 1 unspecified atom stereocenters. The lowest BCUT2D eigenvalue weighted by Gasteiger charge is -2.26. The van der Waals surface area contributed by atoms with Gasteiger partial charge in [-0.15, -0.1) is 0 Å². The molecular formula is C11H23NO5S. The Hall–Kier alpha value is -0.660. The molecule has 0 amide bonds. The lowest BCUT2D eigenvalue weighted by Crippen LogP contribution is -2.53. The molecule has 0 aromatic rings. The van der Waals surface area contributed by atoms with Crippen LogP contribution in [0.3, 0.4) is 0 Å². The molecule has 0 aliphatic rings. The smallest absolute Gasteiger partial charge is 0.328 e. The van der Waals surface area contributed by atoms with Gasteiger partial charge in [0, 0.05) is 6.54 Å². The minimum Gasteiger partial charge on any atom is -0.480 e. The van der Waals surface area contributed by atoms with Gasteiger partial charge >= 0.3 is 5.97 Å². The number of nitrogens with one attached hydrogen (secondary N) is 1. The minimum atomic E-state index is -4.65. The quantitative estimate of drug-likeness (QED) is 0.411. The van der Waals surface area contributed by atoms with E-state index in [0.29, 0.717) is 13.0 Å². The van der Waals surface area contributed by atoms with Crippen LogP contribution in [0.1, 0.15) is 46.0 Å². The Kier molecular flexibility index (Phi) is 7.42. The van der Waals surface area contributed by atoms with E-state index in [-0.39, 0.29) is 13.0 Å². The van der Waals surface area contributed by atoms with Gasteiger partial charge in [-0.05, 0) is 13.0 Å². The second-order valence-corrected chi connectivity index (χ2v) is 6.10. The van der Waals surface area contributed by atoms with E-state index in [0.717, 1.165) is 19.3 Å². The topological polar surface area (TPSA) is 104 Å². The Morgan fingerprint density at radius 1 is 1.22 bits per heavy atom. The monoisotopic (exact) mass is 281 g/mol. The SMILES string of the molecule is CCCCCCC(CNCC)(C(=O)O)S(=O)(=O)O. The third kappa shape index (κ3) is 4.55. The third-order valence-electron chi connectivity index (χ3n) is 2.98. The Labute approximate surface area is 109 Å². The molecule has 0 aromatic carbocycles. The number of unbranched alkanes of at least 4 members (excludes halogenated alkanes) is 3. The molecular weight excluding hydrogens is 258 g/mol. The van der Waals surface area contributed by atoms with Gasteiger partial charge in [0.25, 0.3) is 10.1 Å². The summed E-state index contributed by atoms with van der Waals surface area (Å²) in [5.41, 5.74) is 0. The van der Waals surface area contributed by atoms with Gasteiger partial charge in [-0.2, -0.15) is 8.42 Å². The van der Waals surface area contributed by atoms with E-state index in [2.05, 4.69) is 5.32 Å². The van der Waals surface area contributed by atoms with Crippen LogP contribution in [0.4, 0.5) is 0 Å². The summed E-state index contributed by atoms with van der Waals surface area (Å²) in [5, 5.41) is 11.9. The molecule has 108 valence electrons. The highest BCUT2D eigenvalue weighted by Crippen LogP contribution is 2.24. The first-order valence-electron chi connectivity index (χ1n) is 6.23. The minimum absolute atomic E-state index is 0.0752. The zero-order valence-electron chi connectivity index (χ0n) is 11.0. The van der Waals surface area contributed by atoms with Crippen molar-refractivity contribution in [3.63, 3.8) is 0 Å². The predicted octanol–water partition coefficient (Wildman–Crippen LogP) is 1.28. The van der Waals surface area contributed by atoms with Gasteiger partial charge < -0.3 is 10.4 Å². The van der Waals surface area contributed by atoms with Crippen LogP contribution < -0.4 is 5.32 Å². The van der Waals surface area contributed by atoms with Gasteiger partial charge in [-0.3, -0.25) is 9.35 Å². The Balaban J connectivity index is 4.92. The van der Waals surface area contributed by atoms with E-state index in [4.69, 9.17) is 5.11 Å². The zero-order chi connectivity index (χ0) is 14.2. The fraction of sp³-hybridized carbons (Fsp3) is 0.909. The molecule has 0 rings (SSSR count). The summed E-state index contributed by atoms with van der Waals surface area (Å²) in [7, 11) is -4.65. The van der Waals surface area contributed by atoms with Crippen molar-refractivity contribution in [2.45, 2.75) is 50.7 Å². The lowest BCUT2D eigenvalue weighted by molar-refractivity contribution is -0.140. The maximum atomic E-state index is 11.4. The van der Waals surface area contributed by atoms with E-state index in [1.54, 1.807) is 6.92 Å². The van der Waals surface area contributed by atoms with E-state index >= 15 is 0 Å². The summed E-state index contributed by atoms with van der Waals surface area (Å²) >= 11 is 0. The Bertz CT molecular complexity index is 354. The van der Waals surface area contributed by atoms with Crippen molar-refractivity contribution in [1.29, 1.82) is 0 Å². The zero-order valence-corrected chi connectivity index (χ0v) is 11.8. The molecule has 0 radical (unpaired) electrons. The number of aliphatic carboxylic acids is 1. The van der Waals surface area contributed by atoms with Crippen molar-refractivity contribution in [3.8, 4) is 0 Å². The average Bonchev–Trinajstić information content (AvgIpc) is 2.26. The summed E-state index contributed by atoms with van der Waals surface area (Å²) < 4.78 is 29.9. The molecule has 0 spiro atoms. The Morgan fingerprint density at radius 2 is 1.83 bits per heavy atom. The molecule has 3 N–H and O–H groups in total. The number of hydrogen-bond donors (Lipinski definition) is 3. The average molecular weight is 281 g/mol. The van der Waals surface area contributed by atoms with Crippen molar-refractivity contribution in [2.75, 3.05) is 13.1 Å². The molecule has 0 aliphatic heterocycles. The maximum Gasteiger partial charge on any atom is 0.328 e. The number of carboxylic acids is 1. The second kappa shape index (κ2) is 7.70. The van der Waals surface area contributed by atoms with Crippen molar-refractivity contribution < 1.29 is 22.9 Å². The van der Waals surface area contributed by atoms with Gasteiger partial charge in [0.05, 0.1) is 0 Å². The predicted molar refractivity (Wildman–Crippen MR) is 69.2 cm³/mol. The van der Waals surface area contributed by atoms with Crippen molar-refractivity contribution in [3.05, 3.63) is 0 Å². The van der Waals surface area contributed by atoms with Crippen LogP contribution in [0.25, 0.3) is 0 Å². The highest BCUT2D eigenvalue weighted by molar-refractivity contribution is 7.88. The Morgan fingerprint density at radius 3 is 2.22 bits per heavy atom. The van der Waals surface area contributed by atoms with E-state index in [1.165, 1.54) is 0 Å². The van der Waals surface area contributed by atoms with Crippen LogP contribution in [0.2, 0.25) is 0 Å². The summed E-state index contributed by atoms with van der Waals surface area (Å²) in [4.78, 5) is 11.3. The van der Waals surface area contributed by atoms with Crippen LogP contribution in [-0.4, -0.2) is 41.9 Å². The van der Waals surface area contributed by atoms with Crippen LogP contribution in [0.15, 0.2) is 0 Å². The first-order valence-corrected chi connectivity index (χ1v) is 7.67. The van der Waals surface area contributed by atoms with E-state index < -0.39 is 20.8 Å². The number of rotatable bonds is 10. The molecule has 0 saturated heterocycles. The highest BCUT2D eigenvalue weighted by Gasteiger charge is 2.49. The maximum absolute atomic E-state index is 11.4. The molecule has 0 aromatic heterocycles. The van der Waals surface area contributed by atoms with Crippen molar-refractivity contribution in [2.24, 2.45) is 0 Å². The number of carbonyl (C=O) groups is 1. The summed E-state index contributed by atoms with van der Waals surface area (Å²) in [6.07, 6.45) is 3.04. The van der Waals surface area contributed by atoms with E-state index in [9.17, 15) is 17.8 Å². The summed E-state index contributed by atoms with van der Waals surface area (Å²) in [6, 6.07) is 0. The van der Waals surface area contributed by atoms with Gasteiger partial charge in [-0.25, -0.2) is 0 Å².